The fourth-order valence-electron chi connectivity index (χ4n) is 1.67. The summed E-state index contributed by atoms with van der Waals surface area (Å²) in [6, 6.07) is 5.56. The Labute approximate surface area is 113 Å². The third-order valence-electron chi connectivity index (χ3n) is 2.75. The fourth-order valence-corrected chi connectivity index (χ4v) is 1.67. The molecule has 1 unspecified atom stereocenters. The van der Waals surface area contributed by atoms with Gasteiger partial charge in [-0.25, -0.2) is 0 Å². The molecule has 0 amide bonds. The molecule has 19 heavy (non-hydrogen) atoms. The quantitative estimate of drug-likeness (QED) is 0.237. The number of nitrogens with two attached hydrogens (primary N) is 1. The van der Waals surface area contributed by atoms with Crippen molar-refractivity contribution in [3.63, 3.8) is 0 Å². The van der Waals surface area contributed by atoms with E-state index in [1.807, 2.05) is 13.0 Å². The molecular weight excluding hydrogens is 242 g/mol. The Morgan fingerprint density at radius 2 is 2.37 bits per heavy atom. The van der Waals surface area contributed by atoms with Gasteiger partial charge in [0.15, 0.2) is 5.84 Å². The summed E-state index contributed by atoms with van der Waals surface area (Å²) in [6.07, 6.45) is 5.92. The van der Waals surface area contributed by atoms with E-state index in [2.05, 4.69) is 16.4 Å². The summed E-state index contributed by atoms with van der Waals surface area (Å²) in [5.74, 6) is 3.42. The van der Waals surface area contributed by atoms with Gasteiger partial charge in [0.1, 0.15) is 5.75 Å². The van der Waals surface area contributed by atoms with Crippen molar-refractivity contribution in [2.75, 3.05) is 7.11 Å². The predicted molar refractivity (Wildman–Crippen MR) is 75.3 cm³/mol. The highest BCUT2D eigenvalue weighted by Gasteiger charge is 2.08. The minimum absolute atomic E-state index is 0.0700. The highest BCUT2D eigenvalue weighted by atomic mass is 16.5. The van der Waals surface area contributed by atoms with E-state index in [-0.39, 0.29) is 11.9 Å². The van der Waals surface area contributed by atoms with Gasteiger partial charge in [0, 0.05) is 30.1 Å². The number of hydrogen-bond donors (Lipinski definition) is 3. The smallest absolute Gasteiger partial charge is 0.170 e. The molecule has 0 fully saturated rings. The standard InChI is InChI=1S/C14H19N3O2/c1-4-5-10(2)16-9-12-8-11(14(15)17-18)6-7-13(12)19-3/h1,6-8,10,16,18H,5,9H2,2-3H3,(H2,15,17). The van der Waals surface area contributed by atoms with Gasteiger partial charge in [-0.15, -0.1) is 12.3 Å². The summed E-state index contributed by atoms with van der Waals surface area (Å²) in [5.41, 5.74) is 7.14. The lowest BCUT2D eigenvalue weighted by Crippen LogP contribution is -2.25. The molecule has 102 valence electrons. The maximum Gasteiger partial charge on any atom is 0.170 e. The van der Waals surface area contributed by atoms with E-state index >= 15 is 0 Å². The summed E-state index contributed by atoms with van der Waals surface area (Å²) >= 11 is 0. The second-order valence-electron chi connectivity index (χ2n) is 4.20. The molecule has 0 aliphatic rings. The van der Waals surface area contributed by atoms with Crippen LogP contribution in [0.4, 0.5) is 0 Å². The lowest BCUT2D eigenvalue weighted by molar-refractivity contribution is 0.318. The van der Waals surface area contributed by atoms with Crippen LogP contribution >= 0.6 is 0 Å². The summed E-state index contributed by atoms with van der Waals surface area (Å²) in [4.78, 5) is 0. The second-order valence-corrected chi connectivity index (χ2v) is 4.20. The SMILES string of the molecule is C#CCC(C)NCc1cc(/C(N)=N/O)ccc1OC. The van der Waals surface area contributed by atoms with Gasteiger partial charge in [0.25, 0.3) is 0 Å². The highest BCUT2D eigenvalue weighted by molar-refractivity contribution is 5.97. The lowest BCUT2D eigenvalue weighted by atomic mass is 10.1. The summed E-state index contributed by atoms with van der Waals surface area (Å²) < 4.78 is 5.28. The average molecular weight is 261 g/mol. The zero-order valence-corrected chi connectivity index (χ0v) is 11.2. The van der Waals surface area contributed by atoms with E-state index in [1.165, 1.54) is 0 Å². The first kappa shape index (κ1) is 14.9. The van der Waals surface area contributed by atoms with Gasteiger partial charge in [-0.3, -0.25) is 0 Å². The molecule has 1 rings (SSSR count). The molecule has 0 saturated carbocycles. The van der Waals surface area contributed by atoms with Crippen LogP contribution in [0.3, 0.4) is 0 Å². The number of nitrogens with zero attached hydrogens (tertiary/aromatic N) is 1. The Kier molecular flexibility index (Phi) is 5.71. The number of hydrogen-bond acceptors (Lipinski definition) is 4. The van der Waals surface area contributed by atoms with Gasteiger partial charge in [0.2, 0.25) is 0 Å². The van der Waals surface area contributed by atoms with Crippen LogP contribution in [0.2, 0.25) is 0 Å². The van der Waals surface area contributed by atoms with Crippen molar-refractivity contribution in [3.05, 3.63) is 29.3 Å². The molecule has 0 aliphatic carbocycles. The van der Waals surface area contributed by atoms with Crippen LogP contribution in [0.1, 0.15) is 24.5 Å². The van der Waals surface area contributed by atoms with Crippen LogP contribution < -0.4 is 15.8 Å². The molecule has 1 aromatic carbocycles. The fraction of sp³-hybridized carbons (Fsp3) is 0.357. The molecule has 0 aromatic heterocycles. The number of methoxy groups -OCH3 is 1. The normalized spacial score (nSPS) is 12.8. The van der Waals surface area contributed by atoms with E-state index < -0.39 is 0 Å². The molecule has 5 nitrogen and oxygen atoms in total. The summed E-state index contributed by atoms with van der Waals surface area (Å²) in [6.45, 7) is 2.61. The molecule has 0 bridgehead atoms. The maximum atomic E-state index is 8.69. The van der Waals surface area contributed by atoms with Crippen LogP contribution in [0, 0.1) is 12.3 Å². The molecule has 0 aliphatic heterocycles. The number of benzene rings is 1. The summed E-state index contributed by atoms with van der Waals surface area (Å²) in [7, 11) is 1.60. The van der Waals surface area contributed by atoms with Gasteiger partial charge in [0.05, 0.1) is 7.11 Å². The number of ether oxygens (including phenoxy) is 1. The van der Waals surface area contributed by atoms with E-state index in [9.17, 15) is 0 Å². The first-order valence-corrected chi connectivity index (χ1v) is 5.94. The molecule has 0 saturated heterocycles. The number of amidine groups is 1. The van der Waals surface area contributed by atoms with Gasteiger partial charge < -0.3 is 21.0 Å². The number of rotatable bonds is 6. The van der Waals surface area contributed by atoms with Gasteiger partial charge in [-0.2, -0.15) is 0 Å². The van der Waals surface area contributed by atoms with E-state index in [0.717, 1.165) is 11.3 Å². The zero-order chi connectivity index (χ0) is 14.3. The monoisotopic (exact) mass is 261 g/mol. The number of oxime groups is 1. The largest absolute Gasteiger partial charge is 0.496 e. The van der Waals surface area contributed by atoms with Crippen LogP contribution in [0.5, 0.6) is 5.75 Å². The van der Waals surface area contributed by atoms with Crippen molar-refractivity contribution >= 4 is 5.84 Å². The third-order valence-corrected chi connectivity index (χ3v) is 2.75. The second kappa shape index (κ2) is 7.29. The van der Waals surface area contributed by atoms with Crippen molar-refractivity contribution < 1.29 is 9.94 Å². The first-order chi connectivity index (χ1) is 9.12. The Bertz CT molecular complexity index is 492. The summed E-state index contributed by atoms with van der Waals surface area (Å²) in [5, 5.41) is 15.0. The Morgan fingerprint density at radius 3 is 2.95 bits per heavy atom. The number of terminal acetylenes is 1. The van der Waals surface area contributed by atoms with Crippen molar-refractivity contribution in [1.82, 2.24) is 5.32 Å². The molecule has 1 atom stereocenters. The molecule has 5 heteroatoms. The minimum Gasteiger partial charge on any atom is -0.496 e. The van der Waals surface area contributed by atoms with E-state index in [4.69, 9.17) is 22.1 Å². The van der Waals surface area contributed by atoms with Crippen LogP contribution in [0.15, 0.2) is 23.4 Å². The lowest BCUT2D eigenvalue weighted by Gasteiger charge is -2.14. The Hall–Kier alpha value is -2.19. The maximum absolute atomic E-state index is 8.69. The van der Waals surface area contributed by atoms with E-state index in [1.54, 1.807) is 19.2 Å². The zero-order valence-electron chi connectivity index (χ0n) is 11.2. The molecule has 0 heterocycles. The van der Waals surface area contributed by atoms with Gasteiger partial charge >= 0.3 is 0 Å². The van der Waals surface area contributed by atoms with Gasteiger partial charge in [-0.1, -0.05) is 5.16 Å². The van der Waals surface area contributed by atoms with Crippen molar-refractivity contribution in [2.45, 2.75) is 25.9 Å². The topological polar surface area (TPSA) is 79.9 Å². The Morgan fingerprint density at radius 1 is 1.63 bits per heavy atom. The van der Waals surface area contributed by atoms with Crippen molar-refractivity contribution in [1.29, 1.82) is 0 Å². The number of nitrogens with one attached hydrogen (secondary N) is 1. The third kappa shape index (κ3) is 4.19. The molecule has 0 spiro atoms. The molecular formula is C14H19N3O2. The molecule has 4 N–H and O–H groups in total. The van der Waals surface area contributed by atoms with Crippen molar-refractivity contribution in [3.8, 4) is 18.1 Å². The first-order valence-electron chi connectivity index (χ1n) is 5.94. The molecule has 1 aromatic rings. The van der Waals surface area contributed by atoms with Crippen LogP contribution in [-0.2, 0) is 6.54 Å². The Balaban J connectivity index is 2.88. The predicted octanol–water partition coefficient (Wildman–Crippen LogP) is 1.29. The van der Waals surface area contributed by atoms with Crippen LogP contribution in [-0.4, -0.2) is 24.2 Å². The van der Waals surface area contributed by atoms with Gasteiger partial charge in [-0.05, 0) is 25.1 Å². The van der Waals surface area contributed by atoms with Crippen molar-refractivity contribution in [2.24, 2.45) is 10.9 Å². The molecule has 0 radical (unpaired) electrons. The highest BCUT2D eigenvalue weighted by Crippen LogP contribution is 2.20. The van der Waals surface area contributed by atoms with Crippen LogP contribution in [0.25, 0.3) is 0 Å². The average Bonchev–Trinajstić information content (AvgIpc) is 2.44. The van der Waals surface area contributed by atoms with E-state index in [0.29, 0.717) is 18.5 Å². The minimum atomic E-state index is 0.0700.